The Morgan fingerprint density at radius 2 is 1.77 bits per heavy atom. The first kappa shape index (κ1) is 9.31. The summed E-state index contributed by atoms with van der Waals surface area (Å²) in [7, 11) is 0. The molecule has 0 aliphatic rings. The Morgan fingerprint density at radius 1 is 1.15 bits per heavy atom. The van der Waals surface area contributed by atoms with Crippen molar-refractivity contribution in [3.05, 3.63) is 41.8 Å². The highest BCUT2D eigenvalue weighted by Crippen LogP contribution is 1.95. The van der Waals surface area contributed by atoms with Gasteiger partial charge in [-0.05, 0) is 6.92 Å². The average molecular weight is 181 g/mol. The zero-order chi connectivity index (χ0) is 10.0. The highest BCUT2D eigenvalue weighted by atomic mass is 16.5. The Morgan fingerprint density at radius 3 is 2.15 bits per heavy atom. The maximum absolute atomic E-state index is 11.0. The topological polar surface area (TPSA) is 77.5 Å². The van der Waals surface area contributed by atoms with Crippen molar-refractivity contribution in [3.8, 4) is 0 Å². The molecule has 0 N–H and O–H groups in total. The van der Waals surface area contributed by atoms with Crippen molar-refractivity contribution >= 4 is 6.47 Å². The third kappa shape index (κ3) is 1.40. The smallest absolute Gasteiger partial charge is 0.417 e. The van der Waals surface area contributed by atoms with Crippen LogP contribution in [0.1, 0.15) is 11.1 Å². The van der Waals surface area contributed by atoms with E-state index in [2.05, 4.69) is 4.74 Å². The fourth-order valence-electron chi connectivity index (χ4n) is 0.993. The molecule has 5 nitrogen and oxygen atoms in total. The molecule has 1 aromatic rings. The van der Waals surface area contributed by atoms with Crippen molar-refractivity contribution in [3.63, 3.8) is 0 Å². The third-order valence-corrected chi connectivity index (χ3v) is 1.76. The SMILES string of the molecule is Cc1c(CO[C]=O)c(=O)c(=O)c1=O. The van der Waals surface area contributed by atoms with E-state index in [1.165, 1.54) is 6.92 Å². The van der Waals surface area contributed by atoms with E-state index in [9.17, 15) is 19.2 Å². The van der Waals surface area contributed by atoms with Crippen LogP contribution in [0.5, 0.6) is 0 Å². The van der Waals surface area contributed by atoms with Gasteiger partial charge in [-0.2, -0.15) is 0 Å². The molecular formula is C8H5O5. The van der Waals surface area contributed by atoms with Crippen molar-refractivity contribution in [2.24, 2.45) is 0 Å². The van der Waals surface area contributed by atoms with Crippen LogP contribution >= 0.6 is 0 Å². The Balaban J connectivity index is 3.30. The molecule has 67 valence electrons. The largest absolute Gasteiger partial charge is 0.452 e. The number of hydrogen-bond acceptors (Lipinski definition) is 5. The summed E-state index contributed by atoms with van der Waals surface area (Å²) in [6.45, 7) is 2.08. The zero-order valence-corrected chi connectivity index (χ0v) is 6.75. The van der Waals surface area contributed by atoms with Gasteiger partial charge in [0.05, 0.1) is 0 Å². The second-order valence-electron chi connectivity index (χ2n) is 2.46. The van der Waals surface area contributed by atoms with Gasteiger partial charge in [0.15, 0.2) is 0 Å². The van der Waals surface area contributed by atoms with E-state index in [1.807, 2.05) is 0 Å². The summed E-state index contributed by atoms with van der Waals surface area (Å²) in [5.41, 5.74) is -2.79. The Labute approximate surface area is 72.3 Å². The van der Waals surface area contributed by atoms with Crippen molar-refractivity contribution in [1.82, 2.24) is 0 Å². The van der Waals surface area contributed by atoms with Crippen LogP contribution in [0.2, 0.25) is 0 Å². The van der Waals surface area contributed by atoms with Crippen molar-refractivity contribution < 1.29 is 9.53 Å². The first-order valence-electron chi connectivity index (χ1n) is 3.41. The standard InChI is InChI=1S/C8H5O5/c1-4-5(2-13-3-9)7(11)8(12)6(4)10/h2H2,1H3. The predicted molar refractivity (Wildman–Crippen MR) is 42.8 cm³/mol. The summed E-state index contributed by atoms with van der Waals surface area (Å²) in [5, 5.41) is 0. The van der Waals surface area contributed by atoms with E-state index >= 15 is 0 Å². The maximum atomic E-state index is 11.0. The van der Waals surface area contributed by atoms with Crippen LogP contribution in [-0.2, 0) is 16.1 Å². The van der Waals surface area contributed by atoms with Gasteiger partial charge in [0.25, 0.3) is 5.43 Å². The fourth-order valence-corrected chi connectivity index (χ4v) is 0.993. The lowest BCUT2D eigenvalue weighted by Crippen LogP contribution is -2.30. The molecule has 13 heavy (non-hydrogen) atoms. The summed E-state index contributed by atoms with van der Waals surface area (Å²) >= 11 is 0. The lowest BCUT2D eigenvalue weighted by atomic mass is 10.2. The van der Waals surface area contributed by atoms with Gasteiger partial charge in [0.2, 0.25) is 10.9 Å². The number of rotatable bonds is 3. The van der Waals surface area contributed by atoms with Gasteiger partial charge in [-0.3, -0.25) is 14.4 Å². The van der Waals surface area contributed by atoms with Crippen LogP contribution in [0.25, 0.3) is 0 Å². The monoisotopic (exact) mass is 181 g/mol. The molecule has 1 aromatic carbocycles. The molecule has 0 aliphatic heterocycles. The molecular weight excluding hydrogens is 176 g/mol. The van der Waals surface area contributed by atoms with Crippen LogP contribution < -0.4 is 16.3 Å². The van der Waals surface area contributed by atoms with E-state index in [-0.39, 0.29) is 17.7 Å². The van der Waals surface area contributed by atoms with E-state index in [0.29, 0.717) is 0 Å². The fraction of sp³-hybridized carbons (Fsp3) is 0.250. The molecule has 0 fully saturated rings. The molecule has 0 aliphatic carbocycles. The molecule has 1 rings (SSSR count). The molecule has 1 radical (unpaired) electrons. The molecule has 0 saturated heterocycles. The first-order valence-corrected chi connectivity index (χ1v) is 3.41. The molecule has 0 amide bonds. The van der Waals surface area contributed by atoms with Crippen LogP contribution in [-0.4, -0.2) is 6.47 Å². The summed E-state index contributed by atoms with van der Waals surface area (Å²) < 4.78 is 4.17. The average Bonchev–Trinajstić information content (AvgIpc) is 2.30. The number of ether oxygens (including phenoxy) is 1. The van der Waals surface area contributed by atoms with Gasteiger partial charge in [-0.15, -0.1) is 0 Å². The molecule has 0 heterocycles. The van der Waals surface area contributed by atoms with Crippen molar-refractivity contribution in [2.45, 2.75) is 13.5 Å². The molecule has 0 bridgehead atoms. The summed E-state index contributed by atoms with van der Waals surface area (Å²) in [4.78, 5) is 42.4. The molecule has 0 spiro atoms. The van der Waals surface area contributed by atoms with Gasteiger partial charge in [0, 0.05) is 11.1 Å². The number of hydrogen-bond donors (Lipinski definition) is 0. The molecule has 0 aromatic heterocycles. The van der Waals surface area contributed by atoms with Gasteiger partial charge in [-0.25, -0.2) is 4.79 Å². The minimum atomic E-state index is -1.07. The second-order valence-corrected chi connectivity index (χ2v) is 2.46. The summed E-state index contributed by atoms with van der Waals surface area (Å²) in [5.74, 6) is 0. The lowest BCUT2D eigenvalue weighted by Gasteiger charge is -1.92. The molecule has 0 unspecified atom stereocenters. The Hall–Kier alpha value is -1.78. The lowest BCUT2D eigenvalue weighted by molar-refractivity contribution is 0.266. The summed E-state index contributed by atoms with van der Waals surface area (Å²) in [6.07, 6.45) is 0. The Bertz CT molecular complexity index is 464. The van der Waals surface area contributed by atoms with Gasteiger partial charge < -0.3 is 4.74 Å². The van der Waals surface area contributed by atoms with Crippen LogP contribution in [0.3, 0.4) is 0 Å². The van der Waals surface area contributed by atoms with Gasteiger partial charge in [-0.1, -0.05) is 0 Å². The molecule has 0 saturated carbocycles. The van der Waals surface area contributed by atoms with E-state index < -0.39 is 16.3 Å². The highest BCUT2D eigenvalue weighted by Gasteiger charge is 2.15. The van der Waals surface area contributed by atoms with Crippen molar-refractivity contribution in [1.29, 1.82) is 0 Å². The predicted octanol–water partition coefficient (Wildman–Crippen LogP) is -1.46. The second kappa shape index (κ2) is 3.30. The third-order valence-electron chi connectivity index (χ3n) is 1.76. The van der Waals surface area contributed by atoms with Gasteiger partial charge >= 0.3 is 6.47 Å². The minimum Gasteiger partial charge on any atom is -0.452 e. The first-order chi connectivity index (χ1) is 6.09. The van der Waals surface area contributed by atoms with Gasteiger partial charge in [0.1, 0.15) is 6.61 Å². The normalized spacial score (nSPS) is 9.92. The minimum absolute atomic E-state index is 0.0465. The molecule has 5 heteroatoms. The number of carbonyl (C=O) groups excluding carboxylic acids is 1. The zero-order valence-electron chi connectivity index (χ0n) is 6.75. The quantitative estimate of drug-likeness (QED) is 0.532. The van der Waals surface area contributed by atoms with Crippen LogP contribution in [0, 0.1) is 6.92 Å². The van der Waals surface area contributed by atoms with E-state index in [4.69, 9.17) is 0 Å². The van der Waals surface area contributed by atoms with E-state index in [0.717, 1.165) is 6.47 Å². The van der Waals surface area contributed by atoms with Crippen LogP contribution in [0.15, 0.2) is 14.4 Å². The molecule has 0 atom stereocenters. The summed E-state index contributed by atoms with van der Waals surface area (Å²) in [6, 6.07) is 0. The van der Waals surface area contributed by atoms with Crippen molar-refractivity contribution in [2.75, 3.05) is 0 Å². The van der Waals surface area contributed by atoms with Crippen LogP contribution in [0.4, 0.5) is 0 Å². The Kier molecular flexibility index (Phi) is 2.36. The maximum Gasteiger partial charge on any atom is 0.417 e. The highest BCUT2D eigenvalue weighted by molar-refractivity contribution is 5.39. The van der Waals surface area contributed by atoms with E-state index in [1.54, 1.807) is 0 Å².